The van der Waals surface area contributed by atoms with Crippen molar-refractivity contribution in [2.24, 2.45) is 0 Å². The van der Waals surface area contributed by atoms with Gasteiger partial charge in [0.05, 0.1) is 24.0 Å². The summed E-state index contributed by atoms with van der Waals surface area (Å²) in [6.07, 6.45) is 7.92. The lowest BCUT2D eigenvalue weighted by atomic mass is 9.94. The Hall–Kier alpha value is -6.76. The van der Waals surface area contributed by atoms with Gasteiger partial charge in [0.2, 0.25) is 19.5 Å². The molecule has 2 saturated carbocycles. The standard InChI is InChI=1S/C23H21NO5.C12H13NO2.C11H10O4.CH4/c1-2-27-21(25)16-9-14-3-5-18(11-15(14)10-16)24-22(26)23(7-8-23)17-4-6-19-20(12-17)29-13-28-19;1-2-15-12(14)10-5-8-3-4-11(13)7-9(8)6-10;12-10(13)11(3-4-11)7-1-2-8-9(5-7)15-6-14-8;/h3-6,10-12H,2,7-9,13H2,1H3,(H,24,26);3-4,6-7H,2,5,13H2,1H3;1-2,5H,3-4,6H2,(H,12,13);1H4. The number of fused-ring (bicyclic) bond motifs is 4. The molecule has 0 bridgehead atoms. The van der Waals surface area contributed by atoms with Crippen molar-refractivity contribution < 1.29 is 52.7 Å². The van der Waals surface area contributed by atoms with Gasteiger partial charge in [-0.15, -0.1) is 0 Å². The second kappa shape index (κ2) is 16.8. The van der Waals surface area contributed by atoms with Gasteiger partial charge in [-0.3, -0.25) is 9.59 Å². The SMILES string of the molecule is C.CCOC(=O)C1=Cc2cc(N)ccc2C1.CCOC(=O)C1=Cc2cc(NC(=O)C3(c4ccc5c(c4)OCO5)CC3)ccc2C1.O=C(O)C1(c2ccc3c(c2)OCO3)CC1. The van der Waals surface area contributed by atoms with Crippen molar-refractivity contribution >= 4 is 47.3 Å². The molecule has 0 radical (unpaired) electrons. The Bertz CT molecular complexity index is 2430. The number of esters is 2. The van der Waals surface area contributed by atoms with Crippen molar-refractivity contribution in [3.63, 3.8) is 0 Å². The number of nitrogen functional groups attached to an aromatic ring is 1. The maximum atomic E-state index is 13.1. The largest absolute Gasteiger partial charge is 0.481 e. The summed E-state index contributed by atoms with van der Waals surface area (Å²) in [5.74, 6) is 1.47. The molecule has 13 heteroatoms. The number of rotatable bonds is 9. The fraction of sp³-hybridized carbons (Fsp3) is 0.319. The van der Waals surface area contributed by atoms with Gasteiger partial charge in [-0.2, -0.15) is 0 Å². The summed E-state index contributed by atoms with van der Waals surface area (Å²) in [5.41, 5.74) is 13.2. The van der Waals surface area contributed by atoms with Gasteiger partial charge in [0.25, 0.3) is 0 Å². The van der Waals surface area contributed by atoms with E-state index in [2.05, 4.69) is 5.32 Å². The van der Waals surface area contributed by atoms with Crippen LogP contribution in [0.2, 0.25) is 0 Å². The number of hydrogen-bond acceptors (Lipinski definition) is 11. The van der Waals surface area contributed by atoms with E-state index in [1.165, 1.54) is 0 Å². The molecule has 0 spiro atoms. The van der Waals surface area contributed by atoms with Crippen molar-refractivity contribution in [3.8, 4) is 23.0 Å². The molecule has 4 aromatic carbocycles. The molecule has 0 atom stereocenters. The first-order chi connectivity index (χ1) is 28.5. The number of nitrogens with two attached hydrogens (primary N) is 1. The molecule has 312 valence electrons. The number of amides is 1. The van der Waals surface area contributed by atoms with Crippen LogP contribution >= 0.6 is 0 Å². The fourth-order valence-corrected chi connectivity index (χ4v) is 7.64. The summed E-state index contributed by atoms with van der Waals surface area (Å²) in [6, 6.07) is 22.5. The number of carbonyl (C=O) groups excluding carboxylic acids is 3. The van der Waals surface area contributed by atoms with Gasteiger partial charge < -0.3 is 44.6 Å². The number of anilines is 2. The lowest BCUT2D eigenvalue weighted by Gasteiger charge is -2.17. The molecule has 0 saturated heterocycles. The van der Waals surface area contributed by atoms with E-state index in [1.54, 1.807) is 26.0 Å². The Kier molecular flexibility index (Phi) is 11.6. The number of carboxylic acid groups (broad SMARTS) is 1. The van der Waals surface area contributed by atoms with Gasteiger partial charge in [-0.05, 0) is 134 Å². The average Bonchev–Trinajstić information content (AvgIpc) is 3.94. The minimum absolute atomic E-state index is 0. The summed E-state index contributed by atoms with van der Waals surface area (Å²) < 4.78 is 31.3. The van der Waals surface area contributed by atoms with Crippen LogP contribution in [0.4, 0.5) is 11.4 Å². The number of benzene rings is 4. The zero-order valence-corrected chi connectivity index (χ0v) is 32.8. The van der Waals surface area contributed by atoms with Crippen LogP contribution in [0.15, 0.2) is 83.9 Å². The summed E-state index contributed by atoms with van der Waals surface area (Å²) in [7, 11) is 0. The molecule has 0 unspecified atom stereocenters. The Morgan fingerprint density at radius 1 is 0.650 bits per heavy atom. The van der Waals surface area contributed by atoms with E-state index in [1.807, 2.05) is 72.8 Å². The van der Waals surface area contributed by atoms with E-state index >= 15 is 0 Å². The van der Waals surface area contributed by atoms with Gasteiger partial charge in [0.15, 0.2) is 23.0 Å². The van der Waals surface area contributed by atoms with Crippen LogP contribution in [0, 0.1) is 0 Å². The highest BCUT2D eigenvalue weighted by molar-refractivity contribution is 6.02. The van der Waals surface area contributed by atoms with Crippen molar-refractivity contribution in [2.45, 2.75) is 70.6 Å². The van der Waals surface area contributed by atoms with Crippen LogP contribution in [-0.2, 0) is 52.3 Å². The minimum Gasteiger partial charge on any atom is -0.481 e. The molecule has 2 fully saturated rings. The van der Waals surface area contributed by atoms with Gasteiger partial charge in [0, 0.05) is 35.4 Å². The summed E-state index contributed by atoms with van der Waals surface area (Å²) >= 11 is 0. The van der Waals surface area contributed by atoms with E-state index in [0.717, 1.165) is 57.6 Å². The van der Waals surface area contributed by atoms with Gasteiger partial charge >= 0.3 is 17.9 Å². The number of aliphatic carboxylic acids is 1. The van der Waals surface area contributed by atoms with Crippen molar-refractivity contribution in [2.75, 3.05) is 37.9 Å². The Morgan fingerprint density at radius 3 is 1.63 bits per heavy atom. The predicted octanol–water partition coefficient (Wildman–Crippen LogP) is 7.53. The second-order valence-corrected chi connectivity index (χ2v) is 15.1. The summed E-state index contributed by atoms with van der Waals surface area (Å²) in [6.45, 7) is 4.80. The van der Waals surface area contributed by atoms with E-state index in [4.69, 9.17) is 39.3 Å². The maximum Gasteiger partial charge on any atom is 0.334 e. The van der Waals surface area contributed by atoms with Crippen LogP contribution < -0.4 is 30.0 Å². The predicted molar refractivity (Wildman–Crippen MR) is 224 cm³/mol. The molecule has 6 aliphatic rings. The molecule has 1 amide bonds. The van der Waals surface area contributed by atoms with E-state index in [9.17, 15) is 19.2 Å². The summed E-state index contributed by atoms with van der Waals surface area (Å²) in [5, 5.41) is 12.2. The van der Waals surface area contributed by atoms with Crippen molar-refractivity contribution in [3.05, 3.63) is 117 Å². The Labute approximate surface area is 348 Å². The number of carbonyl (C=O) groups is 4. The third-order valence-electron chi connectivity index (χ3n) is 11.3. The highest BCUT2D eigenvalue weighted by Gasteiger charge is 2.53. The number of ether oxygens (including phenoxy) is 6. The average molecular weight is 817 g/mol. The van der Waals surface area contributed by atoms with E-state index < -0.39 is 16.8 Å². The molecule has 2 heterocycles. The lowest BCUT2D eigenvalue weighted by Crippen LogP contribution is -2.27. The van der Waals surface area contributed by atoms with Crippen LogP contribution in [0.1, 0.15) is 80.3 Å². The van der Waals surface area contributed by atoms with Gasteiger partial charge in [-0.1, -0.05) is 31.7 Å². The molecule has 10 rings (SSSR count). The van der Waals surface area contributed by atoms with Crippen LogP contribution in [0.3, 0.4) is 0 Å². The van der Waals surface area contributed by atoms with Crippen molar-refractivity contribution in [1.82, 2.24) is 0 Å². The Morgan fingerprint density at radius 2 is 1.13 bits per heavy atom. The normalized spacial score (nSPS) is 16.7. The minimum atomic E-state index is -0.749. The van der Waals surface area contributed by atoms with E-state index in [0.29, 0.717) is 73.0 Å². The molecule has 0 aromatic heterocycles. The van der Waals surface area contributed by atoms with Crippen LogP contribution in [0.25, 0.3) is 12.2 Å². The second-order valence-electron chi connectivity index (χ2n) is 15.1. The topological polar surface area (TPSA) is 182 Å². The summed E-state index contributed by atoms with van der Waals surface area (Å²) in [4.78, 5) is 47.6. The molecule has 2 aliphatic heterocycles. The first kappa shape index (κ1) is 41.4. The van der Waals surface area contributed by atoms with Crippen molar-refractivity contribution in [1.29, 1.82) is 0 Å². The number of carboxylic acids is 1. The molecule has 4 aliphatic carbocycles. The molecular formula is C47H48N2O11. The Balaban J connectivity index is 0.000000148. The van der Waals surface area contributed by atoms with Crippen LogP contribution in [0.5, 0.6) is 23.0 Å². The molecular weight excluding hydrogens is 769 g/mol. The molecule has 13 nitrogen and oxygen atoms in total. The number of nitrogens with one attached hydrogen (secondary N) is 1. The zero-order chi connectivity index (χ0) is 41.3. The quantitative estimate of drug-likeness (QED) is 0.112. The highest BCUT2D eigenvalue weighted by atomic mass is 16.7. The molecule has 4 aromatic rings. The number of hydrogen-bond donors (Lipinski definition) is 3. The third kappa shape index (κ3) is 8.25. The highest BCUT2D eigenvalue weighted by Crippen LogP contribution is 2.52. The van der Waals surface area contributed by atoms with E-state index in [-0.39, 0.29) is 38.9 Å². The third-order valence-corrected chi connectivity index (χ3v) is 11.3. The monoisotopic (exact) mass is 816 g/mol. The molecule has 4 N–H and O–H groups in total. The molecule has 60 heavy (non-hydrogen) atoms. The van der Waals surface area contributed by atoms with Crippen LogP contribution in [-0.4, -0.2) is 55.7 Å². The van der Waals surface area contributed by atoms with Gasteiger partial charge in [-0.25, -0.2) is 9.59 Å². The fourth-order valence-electron chi connectivity index (χ4n) is 7.64. The smallest absolute Gasteiger partial charge is 0.334 e. The van der Waals surface area contributed by atoms with Gasteiger partial charge in [0.1, 0.15) is 0 Å². The first-order valence-electron chi connectivity index (χ1n) is 19.6. The lowest BCUT2D eigenvalue weighted by molar-refractivity contribution is -0.140. The zero-order valence-electron chi connectivity index (χ0n) is 32.8. The maximum absolute atomic E-state index is 13.1. The first-order valence-corrected chi connectivity index (χ1v) is 19.6.